The highest BCUT2D eigenvalue weighted by Gasteiger charge is 2.21. The van der Waals surface area contributed by atoms with Gasteiger partial charge in [0.05, 0.1) is 0 Å². The highest BCUT2D eigenvalue weighted by molar-refractivity contribution is 6.17. The summed E-state index contributed by atoms with van der Waals surface area (Å²) in [5.41, 5.74) is 4.01. The number of carbonyl (C=O) groups is 1. The number of rotatable bonds is 3. The first-order chi connectivity index (χ1) is 7.69. The maximum atomic E-state index is 11.0. The highest BCUT2D eigenvalue weighted by atomic mass is 35.5. The maximum absolute atomic E-state index is 11.0. The van der Waals surface area contributed by atoms with E-state index in [1.165, 1.54) is 16.7 Å². The predicted octanol–water partition coefficient (Wildman–Crippen LogP) is 2.07. The second-order valence-electron chi connectivity index (χ2n) is 4.35. The van der Waals surface area contributed by atoms with Gasteiger partial charge < -0.3 is 5.32 Å². The second-order valence-corrected chi connectivity index (χ2v) is 4.73. The Morgan fingerprint density at radius 2 is 2.19 bits per heavy atom. The smallest absolute Gasteiger partial charge is 0.217 e. The topological polar surface area (TPSA) is 29.1 Å². The van der Waals surface area contributed by atoms with Crippen LogP contribution in [0.4, 0.5) is 0 Å². The first kappa shape index (κ1) is 11.5. The van der Waals surface area contributed by atoms with Gasteiger partial charge in [-0.1, -0.05) is 18.2 Å². The molecule has 1 aliphatic carbocycles. The number of aryl methyl sites for hydroxylation is 1. The molecule has 0 fully saturated rings. The van der Waals surface area contributed by atoms with Crippen molar-refractivity contribution < 1.29 is 4.79 Å². The van der Waals surface area contributed by atoms with Crippen molar-refractivity contribution in [3.8, 4) is 0 Å². The Hall–Kier alpha value is -1.02. The van der Waals surface area contributed by atoms with Crippen LogP contribution < -0.4 is 5.32 Å². The molecule has 0 saturated heterocycles. The van der Waals surface area contributed by atoms with E-state index in [1.807, 2.05) is 0 Å². The molecule has 2 rings (SSSR count). The number of benzene rings is 1. The fourth-order valence-corrected chi connectivity index (χ4v) is 2.54. The maximum Gasteiger partial charge on any atom is 0.217 e. The third kappa shape index (κ3) is 2.56. The van der Waals surface area contributed by atoms with E-state index in [4.69, 9.17) is 11.6 Å². The minimum absolute atomic E-state index is 0.0544. The molecule has 0 saturated carbocycles. The Kier molecular flexibility index (Phi) is 3.49. The minimum Gasteiger partial charge on any atom is -0.353 e. The van der Waals surface area contributed by atoms with Gasteiger partial charge in [0.25, 0.3) is 0 Å². The first-order valence-corrected chi connectivity index (χ1v) is 6.16. The molecule has 1 aliphatic rings. The van der Waals surface area contributed by atoms with Crippen LogP contribution in [0.25, 0.3) is 0 Å². The van der Waals surface area contributed by atoms with Crippen molar-refractivity contribution in [3.63, 3.8) is 0 Å². The molecule has 0 aliphatic heterocycles. The van der Waals surface area contributed by atoms with E-state index in [9.17, 15) is 4.79 Å². The number of carbonyl (C=O) groups excluding carboxylic acids is 1. The molecule has 86 valence electrons. The molecule has 0 bridgehead atoms. The number of amides is 1. The standard InChI is InChI=1S/C13H16ClNO/c1-9(16)15-13-7-11-3-2-10(4-5-14)6-12(11)8-13/h2-3,6,13H,4-5,7-8H2,1H3,(H,15,16). The Morgan fingerprint density at radius 3 is 2.88 bits per heavy atom. The van der Waals surface area contributed by atoms with Crippen LogP contribution in [0.15, 0.2) is 18.2 Å². The summed E-state index contributed by atoms with van der Waals surface area (Å²) in [6.45, 7) is 1.57. The Bertz CT molecular complexity index is 403. The Balaban J connectivity index is 2.08. The normalized spacial score (nSPS) is 18.2. The van der Waals surface area contributed by atoms with Crippen LogP contribution in [0.1, 0.15) is 23.6 Å². The summed E-state index contributed by atoms with van der Waals surface area (Å²) in [5.74, 6) is 0.715. The van der Waals surface area contributed by atoms with Crippen molar-refractivity contribution >= 4 is 17.5 Å². The van der Waals surface area contributed by atoms with Gasteiger partial charge in [-0.15, -0.1) is 11.6 Å². The SMILES string of the molecule is CC(=O)NC1Cc2ccc(CCCl)cc2C1. The zero-order chi connectivity index (χ0) is 11.5. The van der Waals surface area contributed by atoms with E-state index in [1.54, 1.807) is 6.92 Å². The van der Waals surface area contributed by atoms with Crippen LogP contribution >= 0.6 is 11.6 Å². The fraction of sp³-hybridized carbons (Fsp3) is 0.462. The van der Waals surface area contributed by atoms with Crippen LogP contribution in [0.2, 0.25) is 0 Å². The average Bonchev–Trinajstić information content (AvgIpc) is 2.58. The van der Waals surface area contributed by atoms with Gasteiger partial charge in [0, 0.05) is 18.8 Å². The van der Waals surface area contributed by atoms with Crippen LogP contribution in [-0.4, -0.2) is 17.8 Å². The molecule has 2 nitrogen and oxygen atoms in total. The third-order valence-corrected chi connectivity index (χ3v) is 3.18. The highest BCUT2D eigenvalue weighted by Crippen LogP contribution is 2.23. The average molecular weight is 238 g/mol. The predicted molar refractivity (Wildman–Crippen MR) is 65.9 cm³/mol. The summed E-state index contributed by atoms with van der Waals surface area (Å²) in [4.78, 5) is 11.0. The van der Waals surface area contributed by atoms with E-state index in [2.05, 4.69) is 23.5 Å². The molecule has 3 heteroatoms. The lowest BCUT2D eigenvalue weighted by Crippen LogP contribution is -2.33. The lowest BCUT2D eigenvalue weighted by Gasteiger charge is -2.08. The molecule has 1 unspecified atom stereocenters. The zero-order valence-electron chi connectivity index (χ0n) is 9.42. The second kappa shape index (κ2) is 4.88. The van der Waals surface area contributed by atoms with E-state index in [0.717, 1.165) is 19.3 Å². The number of alkyl halides is 1. The van der Waals surface area contributed by atoms with Crippen molar-refractivity contribution in [2.24, 2.45) is 0 Å². The molecule has 1 atom stereocenters. The van der Waals surface area contributed by atoms with Gasteiger partial charge in [0.15, 0.2) is 0 Å². The molecular weight excluding hydrogens is 222 g/mol. The summed E-state index contributed by atoms with van der Waals surface area (Å²) in [5, 5.41) is 2.98. The molecule has 1 amide bonds. The van der Waals surface area contributed by atoms with Gasteiger partial charge in [0.2, 0.25) is 5.91 Å². The number of fused-ring (bicyclic) bond motifs is 1. The fourth-order valence-electron chi connectivity index (χ4n) is 2.33. The molecule has 0 heterocycles. The molecule has 0 spiro atoms. The van der Waals surface area contributed by atoms with E-state index in [-0.39, 0.29) is 11.9 Å². The van der Waals surface area contributed by atoms with Crippen molar-refractivity contribution in [2.45, 2.75) is 32.2 Å². The Morgan fingerprint density at radius 1 is 1.44 bits per heavy atom. The van der Waals surface area contributed by atoms with Gasteiger partial charge in [-0.3, -0.25) is 4.79 Å². The van der Waals surface area contributed by atoms with Gasteiger partial charge in [-0.05, 0) is 36.0 Å². The molecular formula is C13H16ClNO. The van der Waals surface area contributed by atoms with Crippen molar-refractivity contribution in [1.29, 1.82) is 0 Å². The van der Waals surface area contributed by atoms with Crippen molar-refractivity contribution in [3.05, 3.63) is 34.9 Å². The zero-order valence-corrected chi connectivity index (χ0v) is 10.2. The molecule has 1 aromatic rings. The lowest BCUT2D eigenvalue weighted by atomic mass is 10.1. The summed E-state index contributed by atoms with van der Waals surface area (Å²) in [7, 11) is 0. The van der Waals surface area contributed by atoms with Gasteiger partial charge >= 0.3 is 0 Å². The molecule has 1 aromatic carbocycles. The van der Waals surface area contributed by atoms with Crippen molar-refractivity contribution in [2.75, 3.05) is 5.88 Å². The molecule has 16 heavy (non-hydrogen) atoms. The minimum atomic E-state index is 0.0544. The largest absolute Gasteiger partial charge is 0.353 e. The lowest BCUT2D eigenvalue weighted by molar-refractivity contribution is -0.119. The number of halogens is 1. The monoisotopic (exact) mass is 237 g/mol. The van der Waals surface area contributed by atoms with Gasteiger partial charge in [-0.25, -0.2) is 0 Å². The van der Waals surface area contributed by atoms with E-state index >= 15 is 0 Å². The summed E-state index contributed by atoms with van der Waals surface area (Å²) >= 11 is 5.73. The summed E-state index contributed by atoms with van der Waals surface area (Å²) in [6.07, 6.45) is 2.82. The summed E-state index contributed by atoms with van der Waals surface area (Å²) in [6, 6.07) is 6.80. The number of hydrogen-bond donors (Lipinski definition) is 1. The van der Waals surface area contributed by atoms with Crippen LogP contribution in [0, 0.1) is 0 Å². The van der Waals surface area contributed by atoms with E-state index in [0.29, 0.717) is 5.88 Å². The number of nitrogens with one attached hydrogen (secondary N) is 1. The molecule has 0 radical (unpaired) electrons. The number of hydrogen-bond acceptors (Lipinski definition) is 1. The third-order valence-electron chi connectivity index (χ3n) is 2.99. The summed E-state index contributed by atoms with van der Waals surface area (Å²) < 4.78 is 0. The first-order valence-electron chi connectivity index (χ1n) is 5.63. The molecule has 1 N–H and O–H groups in total. The van der Waals surface area contributed by atoms with Crippen LogP contribution in [-0.2, 0) is 24.1 Å². The Labute approximate surface area is 101 Å². The van der Waals surface area contributed by atoms with Crippen molar-refractivity contribution in [1.82, 2.24) is 5.32 Å². The van der Waals surface area contributed by atoms with Crippen LogP contribution in [0.3, 0.4) is 0 Å². The van der Waals surface area contributed by atoms with Gasteiger partial charge in [-0.2, -0.15) is 0 Å². The van der Waals surface area contributed by atoms with Crippen LogP contribution in [0.5, 0.6) is 0 Å². The van der Waals surface area contributed by atoms with Gasteiger partial charge in [0.1, 0.15) is 0 Å². The van der Waals surface area contributed by atoms with E-state index < -0.39 is 0 Å². The molecule has 0 aromatic heterocycles. The quantitative estimate of drug-likeness (QED) is 0.802.